The Morgan fingerprint density at radius 3 is 2.31 bits per heavy atom. The lowest BCUT2D eigenvalue weighted by Crippen LogP contribution is -2.24. The van der Waals surface area contributed by atoms with Crippen LogP contribution in [0.1, 0.15) is 18.6 Å². The molecule has 0 fully saturated rings. The van der Waals surface area contributed by atoms with Crippen LogP contribution < -0.4 is 0 Å². The highest BCUT2D eigenvalue weighted by Gasteiger charge is 2.29. The Kier molecular flexibility index (Phi) is 5.21. The van der Waals surface area contributed by atoms with Crippen LogP contribution in [0.15, 0.2) is 28.7 Å². The van der Waals surface area contributed by atoms with Crippen molar-refractivity contribution in [1.29, 1.82) is 0 Å². The molecule has 1 aromatic rings. The minimum Gasteiger partial charge on any atom is -0.386 e. The van der Waals surface area contributed by atoms with Crippen LogP contribution in [0.5, 0.6) is 0 Å². The van der Waals surface area contributed by atoms with Crippen molar-refractivity contribution in [2.24, 2.45) is 0 Å². The Morgan fingerprint density at radius 2 is 1.88 bits per heavy atom. The first-order valence-corrected chi connectivity index (χ1v) is 8.43. The Balaban J connectivity index is 2.94. The summed E-state index contributed by atoms with van der Waals surface area (Å²) in [6, 6.07) is 6.98. The monoisotopic (exact) mass is 418 g/mol. The second-order valence-corrected chi connectivity index (χ2v) is 8.81. The molecule has 0 saturated carbocycles. The smallest absolute Gasteiger partial charge is 0.164 e. The summed E-state index contributed by atoms with van der Waals surface area (Å²) < 4.78 is 23.3. The number of rotatable bonds is 4. The van der Waals surface area contributed by atoms with Gasteiger partial charge in [0.1, 0.15) is 9.36 Å². The second kappa shape index (κ2) is 5.79. The Hall–Kier alpha value is 0.340. The lowest BCUT2D eigenvalue weighted by Gasteiger charge is -2.17. The van der Waals surface area contributed by atoms with Gasteiger partial charge in [0.25, 0.3) is 0 Å². The summed E-state index contributed by atoms with van der Waals surface area (Å²) in [7, 11) is -3.23. The summed E-state index contributed by atoms with van der Waals surface area (Å²) in [5, 5.41) is 9.94. The van der Waals surface area contributed by atoms with E-state index in [0.29, 0.717) is 5.56 Å². The van der Waals surface area contributed by atoms with E-state index in [4.69, 9.17) is 0 Å². The number of benzene rings is 1. The SMILES string of the molecule is CCS(=O)(=O)[C@@H](I)[C@H](O)c1ccc(Br)cc1. The number of aliphatic hydroxyl groups excluding tert-OH is 1. The van der Waals surface area contributed by atoms with E-state index in [2.05, 4.69) is 15.9 Å². The predicted octanol–water partition coefficient (Wildman–Crippen LogP) is 2.68. The van der Waals surface area contributed by atoms with E-state index in [-0.39, 0.29) is 5.75 Å². The number of sulfone groups is 1. The van der Waals surface area contributed by atoms with Gasteiger partial charge in [0.2, 0.25) is 0 Å². The Morgan fingerprint density at radius 1 is 1.38 bits per heavy atom. The minimum atomic E-state index is -3.23. The van der Waals surface area contributed by atoms with E-state index < -0.39 is 19.2 Å². The molecule has 16 heavy (non-hydrogen) atoms. The van der Waals surface area contributed by atoms with Gasteiger partial charge in [-0.15, -0.1) is 0 Å². The first-order valence-electron chi connectivity index (χ1n) is 4.67. The van der Waals surface area contributed by atoms with E-state index in [1.165, 1.54) is 0 Å². The van der Waals surface area contributed by atoms with Gasteiger partial charge in [0, 0.05) is 10.2 Å². The summed E-state index contributed by atoms with van der Waals surface area (Å²) in [5.41, 5.74) is 0.611. The maximum absolute atomic E-state index is 11.6. The molecular formula is C10H12BrIO3S. The summed E-state index contributed by atoms with van der Waals surface area (Å²) in [6.07, 6.45) is -0.987. The van der Waals surface area contributed by atoms with Crippen LogP contribution in [-0.2, 0) is 9.84 Å². The number of hydrogen-bond acceptors (Lipinski definition) is 3. The molecule has 2 atom stereocenters. The minimum absolute atomic E-state index is 0.0359. The third-order valence-electron chi connectivity index (χ3n) is 2.21. The zero-order chi connectivity index (χ0) is 12.3. The molecule has 0 saturated heterocycles. The summed E-state index contributed by atoms with van der Waals surface area (Å²) in [6.45, 7) is 1.58. The zero-order valence-corrected chi connectivity index (χ0v) is 13.2. The first kappa shape index (κ1) is 14.4. The van der Waals surface area contributed by atoms with Crippen LogP contribution in [0.25, 0.3) is 0 Å². The van der Waals surface area contributed by atoms with Gasteiger partial charge in [-0.1, -0.05) is 57.6 Å². The normalized spacial score (nSPS) is 15.8. The highest BCUT2D eigenvalue weighted by Crippen LogP contribution is 2.28. The maximum atomic E-state index is 11.6. The first-order chi connectivity index (χ1) is 7.38. The van der Waals surface area contributed by atoms with Gasteiger partial charge in [-0.05, 0) is 17.7 Å². The average Bonchev–Trinajstić information content (AvgIpc) is 2.28. The molecule has 90 valence electrons. The maximum Gasteiger partial charge on any atom is 0.164 e. The standard InChI is InChI=1S/C10H12BrIO3S/c1-2-16(14,15)10(12)9(13)7-3-5-8(11)6-4-7/h3-6,9-10,13H,2H2,1H3/t9-,10-/m1/s1. The van der Waals surface area contributed by atoms with Crippen LogP contribution in [0.2, 0.25) is 0 Å². The molecule has 0 radical (unpaired) electrons. The van der Waals surface area contributed by atoms with E-state index >= 15 is 0 Å². The fraction of sp³-hybridized carbons (Fsp3) is 0.400. The molecule has 0 bridgehead atoms. The number of alkyl halides is 1. The largest absolute Gasteiger partial charge is 0.386 e. The fourth-order valence-electron chi connectivity index (χ4n) is 1.17. The molecule has 0 aliphatic heterocycles. The number of halogens is 2. The molecule has 0 aromatic heterocycles. The van der Waals surface area contributed by atoms with E-state index in [0.717, 1.165) is 4.47 Å². The molecule has 6 heteroatoms. The van der Waals surface area contributed by atoms with Crippen LogP contribution in [0, 0.1) is 0 Å². The molecular weight excluding hydrogens is 407 g/mol. The molecule has 0 amide bonds. The van der Waals surface area contributed by atoms with E-state index in [1.54, 1.807) is 53.8 Å². The highest BCUT2D eigenvalue weighted by atomic mass is 127. The van der Waals surface area contributed by atoms with E-state index in [9.17, 15) is 13.5 Å². The molecule has 1 rings (SSSR count). The van der Waals surface area contributed by atoms with Gasteiger partial charge in [0.05, 0.1) is 0 Å². The fourth-order valence-corrected chi connectivity index (χ4v) is 3.79. The van der Waals surface area contributed by atoms with Crippen molar-refractivity contribution >= 4 is 48.4 Å². The molecule has 0 aliphatic carbocycles. The van der Waals surface area contributed by atoms with Gasteiger partial charge in [-0.2, -0.15) is 0 Å². The summed E-state index contributed by atoms with van der Waals surface area (Å²) in [5.74, 6) is 0.0359. The predicted molar refractivity (Wildman–Crippen MR) is 76.4 cm³/mol. The van der Waals surface area contributed by atoms with Crippen molar-refractivity contribution in [2.45, 2.75) is 16.3 Å². The van der Waals surface area contributed by atoms with Crippen molar-refractivity contribution in [3.8, 4) is 0 Å². The van der Waals surface area contributed by atoms with Crippen LogP contribution >= 0.6 is 38.5 Å². The molecule has 0 spiro atoms. The Labute approximate surface area is 117 Å². The third-order valence-corrected chi connectivity index (χ3v) is 7.49. The third kappa shape index (κ3) is 3.41. The van der Waals surface area contributed by atoms with Crippen LogP contribution in [0.4, 0.5) is 0 Å². The number of hydrogen-bond donors (Lipinski definition) is 1. The topological polar surface area (TPSA) is 54.4 Å². The van der Waals surface area contributed by atoms with E-state index in [1.807, 2.05) is 0 Å². The molecule has 1 N–H and O–H groups in total. The lowest BCUT2D eigenvalue weighted by molar-refractivity contribution is 0.197. The van der Waals surface area contributed by atoms with Gasteiger partial charge in [-0.3, -0.25) is 0 Å². The molecule has 0 unspecified atom stereocenters. The second-order valence-electron chi connectivity index (χ2n) is 3.30. The quantitative estimate of drug-likeness (QED) is 0.604. The average molecular weight is 419 g/mol. The van der Waals surface area contributed by atoms with Gasteiger partial charge >= 0.3 is 0 Å². The molecule has 0 aliphatic rings. The van der Waals surface area contributed by atoms with Gasteiger partial charge < -0.3 is 5.11 Å². The van der Waals surface area contributed by atoms with Crippen LogP contribution in [0.3, 0.4) is 0 Å². The van der Waals surface area contributed by atoms with Crippen LogP contribution in [-0.4, -0.2) is 22.5 Å². The molecule has 3 nitrogen and oxygen atoms in total. The van der Waals surface area contributed by atoms with Gasteiger partial charge in [0.15, 0.2) is 9.84 Å². The highest BCUT2D eigenvalue weighted by molar-refractivity contribution is 14.1. The van der Waals surface area contributed by atoms with Crippen molar-refractivity contribution in [3.05, 3.63) is 34.3 Å². The van der Waals surface area contributed by atoms with Crippen molar-refractivity contribution < 1.29 is 13.5 Å². The molecule has 0 heterocycles. The Bertz CT molecular complexity index is 444. The van der Waals surface area contributed by atoms with Gasteiger partial charge in [-0.25, -0.2) is 8.42 Å². The summed E-state index contributed by atoms with van der Waals surface area (Å²) >= 11 is 5.06. The summed E-state index contributed by atoms with van der Waals surface area (Å²) in [4.78, 5) is 0. The zero-order valence-electron chi connectivity index (χ0n) is 8.60. The molecule has 1 aromatic carbocycles. The number of aliphatic hydroxyl groups is 1. The van der Waals surface area contributed by atoms with Crippen molar-refractivity contribution in [2.75, 3.05) is 5.75 Å². The van der Waals surface area contributed by atoms with Crippen molar-refractivity contribution in [1.82, 2.24) is 0 Å². The lowest BCUT2D eigenvalue weighted by atomic mass is 10.1. The van der Waals surface area contributed by atoms with Crippen molar-refractivity contribution in [3.63, 3.8) is 0 Å².